The SMILES string of the molecule is CCC1(C(N)=O)CNC1. The second-order valence-corrected chi connectivity index (χ2v) is 2.60. The molecule has 1 fully saturated rings. The maximum absolute atomic E-state index is 10.7. The molecule has 0 aliphatic carbocycles. The van der Waals surface area contributed by atoms with E-state index in [-0.39, 0.29) is 11.3 Å². The van der Waals surface area contributed by atoms with Crippen LogP contribution < -0.4 is 11.1 Å². The summed E-state index contributed by atoms with van der Waals surface area (Å²) in [6.45, 7) is 3.52. The molecule has 1 aliphatic rings. The van der Waals surface area contributed by atoms with Crippen LogP contribution in [-0.4, -0.2) is 19.0 Å². The van der Waals surface area contributed by atoms with Gasteiger partial charge in [-0.25, -0.2) is 0 Å². The Hall–Kier alpha value is -0.570. The second kappa shape index (κ2) is 1.99. The lowest BCUT2D eigenvalue weighted by atomic mass is 9.79. The van der Waals surface area contributed by atoms with Gasteiger partial charge >= 0.3 is 0 Å². The molecule has 52 valence electrons. The van der Waals surface area contributed by atoms with Crippen molar-refractivity contribution in [1.29, 1.82) is 0 Å². The molecule has 3 nitrogen and oxygen atoms in total. The van der Waals surface area contributed by atoms with Crippen LogP contribution in [0.15, 0.2) is 0 Å². The number of nitrogens with two attached hydrogens (primary N) is 1. The normalized spacial score (nSPS) is 22.8. The van der Waals surface area contributed by atoms with Crippen molar-refractivity contribution in [1.82, 2.24) is 5.32 Å². The third kappa shape index (κ3) is 0.812. The molecule has 9 heavy (non-hydrogen) atoms. The minimum absolute atomic E-state index is 0.163. The van der Waals surface area contributed by atoms with Gasteiger partial charge in [0.1, 0.15) is 0 Å². The second-order valence-electron chi connectivity index (χ2n) is 2.60. The smallest absolute Gasteiger partial charge is 0.226 e. The first-order valence-electron chi connectivity index (χ1n) is 3.22. The van der Waals surface area contributed by atoms with Crippen LogP contribution in [0.4, 0.5) is 0 Å². The quantitative estimate of drug-likeness (QED) is 0.525. The van der Waals surface area contributed by atoms with E-state index >= 15 is 0 Å². The van der Waals surface area contributed by atoms with Crippen LogP contribution >= 0.6 is 0 Å². The molecule has 0 aromatic rings. The third-order valence-electron chi connectivity index (χ3n) is 2.13. The van der Waals surface area contributed by atoms with E-state index in [0.29, 0.717) is 0 Å². The molecule has 3 heteroatoms. The van der Waals surface area contributed by atoms with Crippen LogP contribution in [0.3, 0.4) is 0 Å². The molecular formula is C6H12N2O. The van der Waals surface area contributed by atoms with E-state index in [9.17, 15) is 4.79 Å². The van der Waals surface area contributed by atoms with Gasteiger partial charge < -0.3 is 11.1 Å². The van der Waals surface area contributed by atoms with Gasteiger partial charge in [-0.2, -0.15) is 0 Å². The molecule has 1 aliphatic heterocycles. The van der Waals surface area contributed by atoms with Crippen molar-refractivity contribution in [2.24, 2.45) is 11.1 Å². The molecule has 1 saturated heterocycles. The van der Waals surface area contributed by atoms with Crippen molar-refractivity contribution in [2.45, 2.75) is 13.3 Å². The molecule has 0 aromatic carbocycles. The summed E-state index contributed by atoms with van der Waals surface area (Å²) >= 11 is 0. The Balaban J connectivity index is 2.57. The van der Waals surface area contributed by atoms with E-state index in [4.69, 9.17) is 5.73 Å². The number of primary amides is 1. The monoisotopic (exact) mass is 128 g/mol. The van der Waals surface area contributed by atoms with Gasteiger partial charge in [-0.3, -0.25) is 4.79 Å². The highest BCUT2D eigenvalue weighted by molar-refractivity contribution is 5.82. The van der Waals surface area contributed by atoms with E-state index in [0.717, 1.165) is 19.5 Å². The maximum Gasteiger partial charge on any atom is 0.226 e. The summed E-state index contributed by atoms with van der Waals surface area (Å²) < 4.78 is 0. The van der Waals surface area contributed by atoms with Crippen molar-refractivity contribution in [3.63, 3.8) is 0 Å². The minimum atomic E-state index is -0.208. The first kappa shape index (κ1) is 6.55. The summed E-state index contributed by atoms with van der Waals surface area (Å²) in [7, 11) is 0. The van der Waals surface area contributed by atoms with Crippen LogP contribution in [0.25, 0.3) is 0 Å². The Morgan fingerprint density at radius 2 is 2.33 bits per heavy atom. The van der Waals surface area contributed by atoms with Gasteiger partial charge in [0.05, 0.1) is 5.41 Å². The number of rotatable bonds is 2. The number of carbonyl (C=O) groups is 1. The number of nitrogens with one attached hydrogen (secondary N) is 1. The standard InChI is InChI=1S/C6H12N2O/c1-2-6(5(7)9)3-8-4-6/h8H,2-4H2,1H3,(H2,7,9). The number of hydrogen-bond acceptors (Lipinski definition) is 2. The zero-order valence-electron chi connectivity index (χ0n) is 5.61. The van der Waals surface area contributed by atoms with Gasteiger partial charge in [-0.15, -0.1) is 0 Å². The average molecular weight is 128 g/mol. The lowest BCUT2D eigenvalue weighted by Gasteiger charge is -2.38. The summed E-state index contributed by atoms with van der Waals surface area (Å²) in [4.78, 5) is 10.7. The topological polar surface area (TPSA) is 55.1 Å². The highest BCUT2D eigenvalue weighted by Gasteiger charge is 2.40. The Morgan fingerprint density at radius 3 is 2.33 bits per heavy atom. The van der Waals surface area contributed by atoms with Crippen molar-refractivity contribution >= 4 is 5.91 Å². The Bertz CT molecular complexity index is 124. The van der Waals surface area contributed by atoms with Gasteiger partial charge in [0.15, 0.2) is 0 Å². The molecule has 1 rings (SSSR count). The summed E-state index contributed by atoms with van der Waals surface area (Å²) in [5.74, 6) is -0.163. The van der Waals surface area contributed by atoms with Gasteiger partial charge in [-0.05, 0) is 6.42 Å². The maximum atomic E-state index is 10.7. The zero-order chi connectivity index (χ0) is 6.91. The molecule has 1 amide bonds. The fourth-order valence-electron chi connectivity index (χ4n) is 1.03. The third-order valence-corrected chi connectivity index (χ3v) is 2.13. The molecule has 1 heterocycles. The number of amides is 1. The van der Waals surface area contributed by atoms with Crippen LogP contribution in [-0.2, 0) is 4.79 Å². The molecule has 0 unspecified atom stereocenters. The molecule has 0 spiro atoms. The summed E-state index contributed by atoms with van der Waals surface area (Å²) in [5.41, 5.74) is 4.96. The fourth-order valence-corrected chi connectivity index (χ4v) is 1.03. The van der Waals surface area contributed by atoms with E-state index in [1.807, 2.05) is 6.92 Å². The van der Waals surface area contributed by atoms with Gasteiger partial charge in [0.2, 0.25) is 5.91 Å². The molecule has 0 aromatic heterocycles. The predicted octanol–water partition coefficient (Wildman–Crippen LogP) is -0.529. The summed E-state index contributed by atoms with van der Waals surface area (Å²) in [6.07, 6.45) is 0.856. The van der Waals surface area contributed by atoms with E-state index in [1.165, 1.54) is 0 Å². The van der Waals surface area contributed by atoms with Gasteiger partial charge in [-0.1, -0.05) is 6.92 Å². The molecule has 0 bridgehead atoms. The lowest BCUT2D eigenvalue weighted by molar-refractivity contribution is -0.130. The Labute approximate surface area is 54.6 Å². The number of hydrogen-bond donors (Lipinski definition) is 2. The summed E-state index contributed by atoms with van der Waals surface area (Å²) in [5, 5.41) is 3.03. The van der Waals surface area contributed by atoms with Crippen molar-refractivity contribution in [2.75, 3.05) is 13.1 Å². The molecular weight excluding hydrogens is 116 g/mol. The van der Waals surface area contributed by atoms with E-state index in [2.05, 4.69) is 5.32 Å². The highest BCUT2D eigenvalue weighted by Crippen LogP contribution is 2.25. The lowest BCUT2D eigenvalue weighted by Crippen LogP contribution is -2.60. The van der Waals surface area contributed by atoms with Crippen LogP contribution in [0, 0.1) is 5.41 Å². The van der Waals surface area contributed by atoms with Gasteiger partial charge in [0, 0.05) is 13.1 Å². The largest absolute Gasteiger partial charge is 0.369 e. The average Bonchev–Trinajstić information content (AvgIpc) is 1.62. The van der Waals surface area contributed by atoms with Crippen LogP contribution in [0.1, 0.15) is 13.3 Å². The van der Waals surface area contributed by atoms with Crippen LogP contribution in [0.2, 0.25) is 0 Å². The molecule has 0 atom stereocenters. The van der Waals surface area contributed by atoms with Crippen LogP contribution in [0.5, 0.6) is 0 Å². The highest BCUT2D eigenvalue weighted by atomic mass is 16.1. The summed E-state index contributed by atoms with van der Waals surface area (Å²) in [6, 6.07) is 0. The molecule has 0 radical (unpaired) electrons. The number of carbonyl (C=O) groups excluding carboxylic acids is 1. The zero-order valence-corrected chi connectivity index (χ0v) is 5.61. The van der Waals surface area contributed by atoms with Crippen molar-refractivity contribution in [3.8, 4) is 0 Å². The first-order chi connectivity index (χ1) is 4.21. The van der Waals surface area contributed by atoms with Crippen molar-refractivity contribution < 1.29 is 4.79 Å². The predicted molar refractivity (Wildman–Crippen MR) is 34.8 cm³/mol. The Kier molecular flexibility index (Phi) is 1.45. The minimum Gasteiger partial charge on any atom is -0.369 e. The van der Waals surface area contributed by atoms with Crippen molar-refractivity contribution in [3.05, 3.63) is 0 Å². The van der Waals surface area contributed by atoms with Gasteiger partial charge in [0.25, 0.3) is 0 Å². The molecule has 3 N–H and O–H groups in total. The first-order valence-corrected chi connectivity index (χ1v) is 3.22. The van der Waals surface area contributed by atoms with E-state index in [1.54, 1.807) is 0 Å². The van der Waals surface area contributed by atoms with E-state index < -0.39 is 0 Å². The molecule has 0 saturated carbocycles. The Morgan fingerprint density at radius 1 is 1.78 bits per heavy atom. The fraction of sp³-hybridized carbons (Fsp3) is 0.833.